The smallest absolute Gasteiger partial charge is 0.324 e. The van der Waals surface area contributed by atoms with Crippen LogP contribution in [0.25, 0.3) is 0 Å². The van der Waals surface area contributed by atoms with Gasteiger partial charge in [0.15, 0.2) is 0 Å². The maximum Gasteiger partial charge on any atom is 0.324 e. The second kappa shape index (κ2) is 22.8. The standard InChI is InChI=1S/C10H11BrO2.C7H7Br.C7H14O2.C6H12O2/c1-2-13-10(12)9(11)8-6-4-3-5-7-8;8-6-7-4-2-1-3-5-7;1-5-9-6(8)7(2,3)4;1-4-8-6(7)5(2)3/h3-7,9H,2H2,1H3;1-5H,6H2;5H2,1-4H3;5H,4H2,1-3H3. The van der Waals surface area contributed by atoms with Gasteiger partial charge in [-0.3, -0.25) is 14.4 Å². The lowest BCUT2D eigenvalue weighted by Gasteiger charge is -2.14. The van der Waals surface area contributed by atoms with Crippen molar-refractivity contribution in [3.8, 4) is 0 Å². The van der Waals surface area contributed by atoms with Crippen LogP contribution in [-0.2, 0) is 33.9 Å². The Morgan fingerprint density at radius 2 is 1.16 bits per heavy atom. The normalized spacial score (nSPS) is 10.7. The molecule has 2 rings (SSSR count). The van der Waals surface area contributed by atoms with E-state index in [2.05, 4.69) is 48.7 Å². The first-order chi connectivity index (χ1) is 17.8. The summed E-state index contributed by atoms with van der Waals surface area (Å²) < 4.78 is 14.3. The lowest BCUT2D eigenvalue weighted by Crippen LogP contribution is -2.22. The summed E-state index contributed by atoms with van der Waals surface area (Å²) in [5, 5.41) is 0.952. The highest BCUT2D eigenvalue weighted by molar-refractivity contribution is 9.09. The van der Waals surface area contributed by atoms with Crippen LogP contribution in [0.2, 0.25) is 0 Å². The van der Waals surface area contributed by atoms with Crippen molar-refractivity contribution in [2.75, 3.05) is 19.8 Å². The summed E-state index contributed by atoms with van der Waals surface area (Å²) >= 11 is 6.64. The van der Waals surface area contributed by atoms with E-state index in [-0.39, 0.29) is 34.1 Å². The molecule has 0 aliphatic heterocycles. The Hall–Kier alpha value is -2.19. The first-order valence-corrected chi connectivity index (χ1v) is 14.7. The van der Waals surface area contributed by atoms with Crippen LogP contribution in [0.1, 0.15) is 71.3 Å². The number of ether oxygens (including phenoxy) is 3. The fraction of sp³-hybridized carbons (Fsp3) is 0.500. The number of hydrogen-bond donors (Lipinski definition) is 0. The van der Waals surface area contributed by atoms with Gasteiger partial charge in [0.2, 0.25) is 0 Å². The van der Waals surface area contributed by atoms with Crippen LogP contribution in [0.3, 0.4) is 0 Å². The molecule has 0 aliphatic carbocycles. The molecular weight excluding hydrogens is 616 g/mol. The van der Waals surface area contributed by atoms with Gasteiger partial charge in [-0.2, -0.15) is 0 Å². The molecular formula is C30H44Br2O6. The zero-order valence-electron chi connectivity index (χ0n) is 24.0. The lowest BCUT2D eigenvalue weighted by atomic mass is 9.97. The van der Waals surface area contributed by atoms with Gasteiger partial charge in [-0.05, 0) is 52.7 Å². The van der Waals surface area contributed by atoms with Crippen LogP contribution in [0.4, 0.5) is 0 Å². The third-order valence-electron chi connectivity index (χ3n) is 4.23. The highest BCUT2D eigenvalue weighted by Gasteiger charge is 2.22. The summed E-state index contributed by atoms with van der Waals surface area (Å²) in [6.07, 6.45) is 0. The van der Waals surface area contributed by atoms with Crippen molar-refractivity contribution < 1.29 is 28.6 Å². The molecule has 0 spiro atoms. The van der Waals surface area contributed by atoms with Crippen LogP contribution in [0.15, 0.2) is 60.7 Å². The average Bonchev–Trinajstić information content (AvgIpc) is 2.90. The van der Waals surface area contributed by atoms with Crippen LogP contribution < -0.4 is 0 Å². The van der Waals surface area contributed by atoms with E-state index in [0.717, 1.165) is 10.9 Å². The second-order valence-corrected chi connectivity index (χ2v) is 10.5. The van der Waals surface area contributed by atoms with E-state index in [1.165, 1.54) is 5.56 Å². The zero-order valence-corrected chi connectivity index (χ0v) is 27.1. The Kier molecular flexibility index (Phi) is 22.7. The third-order valence-corrected chi connectivity index (χ3v) is 5.78. The summed E-state index contributed by atoms with van der Waals surface area (Å²) in [4.78, 5) is 32.3. The molecule has 0 heterocycles. The molecule has 2 aromatic rings. The first kappa shape index (κ1) is 38.0. The predicted octanol–water partition coefficient (Wildman–Crippen LogP) is 8.07. The van der Waals surface area contributed by atoms with Gasteiger partial charge < -0.3 is 14.2 Å². The minimum atomic E-state index is -0.353. The number of hydrogen-bond acceptors (Lipinski definition) is 6. The van der Waals surface area contributed by atoms with Crippen LogP contribution in [-0.4, -0.2) is 37.7 Å². The molecule has 2 aromatic carbocycles. The van der Waals surface area contributed by atoms with E-state index in [9.17, 15) is 14.4 Å². The number of carbonyl (C=O) groups is 3. The number of carbonyl (C=O) groups excluding carboxylic acids is 3. The van der Waals surface area contributed by atoms with E-state index in [1.54, 1.807) is 13.8 Å². The van der Waals surface area contributed by atoms with Gasteiger partial charge in [0.05, 0.1) is 31.2 Å². The van der Waals surface area contributed by atoms with Gasteiger partial charge in [-0.15, -0.1) is 0 Å². The van der Waals surface area contributed by atoms with Gasteiger partial charge in [-0.1, -0.05) is 106 Å². The molecule has 0 N–H and O–H groups in total. The SMILES string of the molecule is BrCc1ccccc1.CCOC(=O)C(Br)c1ccccc1.CCOC(=O)C(C)(C)C.CCOC(=O)C(C)C. The van der Waals surface area contributed by atoms with Crippen LogP contribution in [0.5, 0.6) is 0 Å². The molecule has 1 atom stereocenters. The molecule has 0 aromatic heterocycles. The Morgan fingerprint density at radius 1 is 0.737 bits per heavy atom. The van der Waals surface area contributed by atoms with Gasteiger partial charge in [0.25, 0.3) is 0 Å². The largest absolute Gasteiger partial charge is 0.466 e. The van der Waals surface area contributed by atoms with Gasteiger partial charge in [0.1, 0.15) is 4.83 Å². The van der Waals surface area contributed by atoms with Gasteiger partial charge in [-0.25, -0.2) is 0 Å². The van der Waals surface area contributed by atoms with Crippen molar-refractivity contribution in [1.29, 1.82) is 0 Å². The van der Waals surface area contributed by atoms with E-state index in [4.69, 9.17) is 9.47 Å². The van der Waals surface area contributed by atoms with E-state index in [1.807, 2.05) is 90.1 Å². The van der Waals surface area contributed by atoms with Gasteiger partial charge >= 0.3 is 17.9 Å². The van der Waals surface area contributed by atoms with Crippen molar-refractivity contribution in [2.24, 2.45) is 11.3 Å². The van der Waals surface area contributed by atoms with E-state index >= 15 is 0 Å². The molecule has 0 fully saturated rings. The highest BCUT2D eigenvalue weighted by atomic mass is 79.9. The Bertz CT molecular complexity index is 881. The van der Waals surface area contributed by atoms with Crippen LogP contribution in [0, 0.1) is 11.3 Å². The molecule has 0 saturated heterocycles. The molecule has 1 unspecified atom stereocenters. The number of rotatable bonds is 7. The third kappa shape index (κ3) is 19.9. The highest BCUT2D eigenvalue weighted by Crippen LogP contribution is 2.23. The van der Waals surface area contributed by atoms with E-state index < -0.39 is 0 Å². The number of esters is 3. The molecule has 6 nitrogen and oxygen atoms in total. The number of alkyl halides is 2. The quantitative estimate of drug-likeness (QED) is 0.170. The molecule has 38 heavy (non-hydrogen) atoms. The Balaban J connectivity index is 0. The summed E-state index contributed by atoms with van der Waals surface area (Å²) in [7, 11) is 0. The average molecular weight is 660 g/mol. The molecule has 0 saturated carbocycles. The Morgan fingerprint density at radius 3 is 1.45 bits per heavy atom. The molecule has 0 radical (unpaired) electrons. The summed E-state index contributed by atoms with van der Waals surface area (Å²) in [6, 6.07) is 19.7. The van der Waals surface area contributed by atoms with Crippen LogP contribution >= 0.6 is 31.9 Å². The van der Waals surface area contributed by atoms with Gasteiger partial charge in [0, 0.05) is 5.33 Å². The Labute approximate surface area is 246 Å². The summed E-state index contributed by atoms with van der Waals surface area (Å²) in [5.74, 6) is -0.485. The fourth-order valence-electron chi connectivity index (χ4n) is 2.20. The second-order valence-electron chi connectivity index (χ2n) is 9.02. The molecule has 8 heteroatoms. The zero-order chi connectivity index (χ0) is 29.6. The molecule has 0 amide bonds. The number of halogens is 2. The van der Waals surface area contributed by atoms with Crippen molar-refractivity contribution in [2.45, 2.75) is 65.5 Å². The monoisotopic (exact) mass is 658 g/mol. The summed E-state index contributed by atoms with van der Waals surface area (Å²) in [6.45, 7) is 15.9. The van der Waals surface area contributed by atoms with Crippen molar-refractivity contribution in [1.82, 2.24) is 0 Å². The minimum absolute atomic E-state index is 0.00921. The molecule has 0 aliphatic rings. The minimum Gasteiger partial charge on any atom is -0.466 e. The predicted molar refractivity (Wildman–Crippen MR) is 161 cm³/mol. The van der Waals surface area contributed by atoms with Crippen molar-refractivity contribution in [3.05, 3.63) is 71.8 Å². The maximum absolute atomic E-state index is 11.3. The molecule has 214 valence electrons. The maximum atomic E-state index is 11.3. The van der Waals surface area contributed by atoms with Crippen molar-refractivity contribution >= 4 is 49.8 Å². The first-order valence-electron chi connectivity index (χ1n) is 12.6. The summed E-state index contributed by atoms with van der Waals surface area (Å²) in [5.41, 5.74) is 1.89. The van der Waals surface area contributed by atoms with E-state index in [0.29, 0.717) is 19.8 Å². The fourth-order valence-corrected chi connectivity index (χ4v) is 3.01. The topological polar surface area (TPSA) is 78.9 Å². The number of benzene rings is 2. The van der Waals surface area contributed by atoms with Crippen molar-refractivity contribution in [3.63, 3.8) is 0 Å². The molecule has 0 bridgehead atoms. The lowest BCUT2D eigenvalue weighted by molar-refractivity contribution is -0.152.